The minimum absolute atomic E-state index is 0.139. The van der Waals surface area contributed by atoms with Crippen LogP contribution in [0.3, 0.4) is 0 Å². The van der Waals surface area contributed by atoms with Gasteiger partial charge in [0.25, 0.3) is 0 Å². The molecule has 0 radical (unpaired) electrons. The summed E-state index contributed by atoms with van der Waals surface area (Å²) in [6, 6.07) is 0.336. The molecule has 17 heavy (non-hydrogen) atoms. The van der Waals surface area contributed by atoms with Gasteiger partial charge in [0.15, 0.2) is 0 Å². The molecule has 2 saturated carbocycles. The Balaban J connectivity index is 1.64. The SMILES string of the molecule is CC1CCC(O)C(N(C)CCOCC2CC2)C1. The molecule has 0 aromatic rings. The lowest BCUT2D eigenvalue weighted by molar-refractivity contribution is 0.00348. The molecule has 0 aromatic heterocycles. The van der Waals surface area contributed by atoms with Crippen LogP contribution in [0.1, 0.15) is 39.0 Å². The Morgan fingerprint density at radius 1 is 1.24 bits per heavy atom. The molecule has 0 bridgehead atoms. The van der Waals surface area contributed by atoms with E-state index in [9.17, 15) is 5.11 Å². The van der Waals surface area contributed by atoms with Crippen molar-refractivity contribution in [3.8, 4) is 0 Å². The summed E-state index contributed by atoms with van der Waals surface area (Å²) in [6.07, 6.45) is 5.83. The second-order valence-electron chi connectivity index (χ2n) is 6.05. The highest BCUT2D eigenvalue weighted by Gasteiger charge is 2.29. The number of rotatable bonds is 6. The van der Waals surface area contributed by atoms with Gasteiger partial charge in [-0.2, -0.15) is 0 Å². The van der Waals surface area contributed by atoms with Crippen molar-refractivity contribution in [1.29, 1.82) is 0 Å². The van der Waals surface area contributed by atoms with Gasteiger partial charge >= 0.3 is 0 Å². The predicted molar refractivity (Wildman–Crippen MR) is 69.0 cm³/mol. The molecule has 3 atom stereocenters. The summed E-state index contributed by atoms with van der Waals surface area (Å²) in [5, 5.41) is 10.0. The zero-order valence-corrected chi connectivity index (χ0v) is 11.3. The van der Waals surface area contributed by atoms with E-state index in [-0.39, 0.29) is 6.10 Å². The van der Waals surface area contributed by atoms with E-state index in [1.165, 1.54) is 19.3 Å². The molecule has 2 aliphatic rings. The fourth-order valence-electron chi connectivity index (χ4n) is 2.72. The van der Waals surface area contributed by atoms with E-state index >= 15 is 0 Å². The Labute approximate surface area is 105 Å². The first-order valence-corrected chi connectivity index (χ1v) is 7.13. The molecule has 0 amide bonds. The van der Waals surface area contributed by atoms with E-state index in [1.807, 2.05) is 0 Å². The van der Waals surface area contributed by atoms with Crippen LogP contribution in [-0.2, 0) is 4.74 Å². The molecule has 1 N–H and O–H groups in total. The lowest BCUT2D eigenvalue weighted by Crippen LogP contribution is -2.46. The number of ether oxygens (including phenoxy) is 1. The molecule has 100 valence electrons. The maximum atomic E-state index is 10.0. The van der Waals surface area contributed by atoms with Crippen molar-refractivity contribution in [2.24, 2.45) is 11.8 Å². The van der Waals surface area contributed by atoms with Crippen LogP contribution in [0.15, 0.2) is 0 Å². The molecule has 3 unspecified atom stereocenters. The van der Waals surface area contributed by atoms with Gasteiger partial charge in [-0.25, -0.2) is 0 Å². The van der Waals surface area contributed by atoms with E-state index in [2.05, 4.69) is 18.9 Å². The molecule has 0 aliphatic heterocycles. The van der Waals surface area contributed by atoms with Crippen molar-refractivity contribution in [3.63, 3.8) is 0 Å². The van der Waals surface area contributed by atoms with Gasteiger partial charge in [0.1, 0.15) is 0 Å². The Morgan fingerprint density at radius 2 is 2.00 bits per heavy atom. The third kappa shape index (κ3) is 4.23. The second-order valence-corrected chi connectivity index (χ2v) is 6.05. The molecule has 3 nitrogen and oxygen atoms in total. The fraction of sp³-hybridized carbons (Fsp3) is 1.00. The molecule has 0 heterocycles. The summed E-state index contributed by atoms with van der Waals surface area (Å²) in [6.45, 7) is 4.99. The van der Waals surface area contributed by atoms with Crippen LogP contribution in [-0.4, -0.2) is 49.0 Å². The second kappa shape index (κ2) is 6.17. The molecule has 2 fully saturated rings. The Hall–Kier alpha value is -0.120. The van der Waals surface area contributed by atoms with Crippen molar-refractivity contribution in [2.75, 3.05) is 26.8 Å². The van der Waals surface area contributed by atoms with Crippen LogP contribution in [0.4, 0.5) is 0 Å². The molecule has 2 aliphatic carbocycles. The van der Waals surface area contributed by atoms with Crippen molar-refractivity contribution < 1.29 is 9.84 Å². The monoisotopic (exact) mass is 241 g/mol. The Morgan fingerprint density at radius 3 is 2.71 bits per heavy atom. The van der Waals surface area contributed by atoms with Crippen molar-refractivity contribution in [3.05, 3.63) is 0 Å². The smallest absolute Gasteiger partial charge is 0.0695 e. The van der Waals surface area contributed by atoms with E-state index in [0.717, 1.165) is 44.4 Å². The maximum absolute atomic E-state index is 10.0. The summed E-state index contributed by atoms with van der Waals surface area (Å²) in [5.41, 5.74) is 0. The number of likely N-dealkylation sites (N-methyl/N-ethyl adjacent to an activating group) is 1. The summed E-state index contributed by atoms with van der Waals surface area (Å²) in [5.74, 6) is 1.60. The van der Waals surface area contributed by atoms with Gasteiger partial charge in [-0.3, -0.25) is 4.90 Å². The van der Waals surface area contributed by atoms with E-state index in [1.54, 1.807) is 0 Å². The van der Waals surface area contributed by atoms with E-state index in [0.29, 0.717) is 6.04 Å². The van der Waals surface area contributed by atoms with Gasteiger partial charge in [-0.05, 0) is 51.0 Å². The summed E-state index contributed by atoms with van der Waals surface area (Å²) >= 11 is 0. The minimum Gasteiger partial charge on any atom is -0.391 e. The molecule has 3 heteroatoms. The molecular formula is C14H27NO2. The Kier molecular flexibility index (Phi) is 4.83. The predicted octanol–water partition coefficient (Wildman–Crippen LogP) is 1.89. The lowest BCUT2D eigenvalue weighted by atomic mass is 9.84. The van der Waals surface area contributed by atoms with Gasteiger partial charge in [-0.1, -0.05) is 6.92 Å². The van der Waals surface area contributed by atoms with Gasteiger partial charge in [0.05, 0.1) is 12.7 Å². The Bertz CT molecular complexity index is 230. The summed E-state index contributed by atoms with van der Waals surface area (Å²) in [4.78, 5) is 2.28. The van der Waals surface area contributed by atoms with Crippen molar-refractivity contribution >= 4 is 0 Å². The molecule has 2 rings (SSSR count). The molecular weight excluding hydrogens is 214 g/mol. The number of aliphatic hydroxyl groups is 1. The highest BCUT2D eigenvalue weighted by molar-refractivity contribution is 4.84. The average Bonchev–Trinajstić information content (AvgIpc) is 3.11. The van der Waals surface area contributed by atoms with Crippen molar-refractivity contribution in [2.45, 2.75) is 51.2 Å². The summed E-state index contributed by atoms with van der Waals surface area (Å²) in [7, 11) is 2.12. The number of hydrogen-bond donors (Lipinski definition) is 1. The summed E-state index contributed by atoms with van der Waals surface area (Å²) < 4.78 is 5.66. The van der Waals surface area contributed by atoms with Crippen LogP contribution in [0.2, 0.25) is 0 Å². The van der Waals surface area contributed by atoms with Gasteiger partial charge in [0, 0.05) is 19.2 Å². The molecule has 0 spiro atoms. The largest absolute Gasteiger partial charge is 0.391 e. The highest BCUT2D eigenvalue weighted by atomic mass is 16.5. The fourth-order valence-corrected chi connectivity index (χ4v) is 2.72. The maximum Gasteiger partial charge on any atom is 0.0695 e. The third-order valence-corrected chi connectivity index (χ3v) is 4.25. The standard InChI is InChI=1S/C14H27NO2/c1-11-3-6-14(16)13(9-11)15(2)7-8-17-10-12-4-5-12/h11-14,16H,3-10H2,1-2H3. The number of aliphatic hydroxyl groups excluding tert-OH is 1. The normalized spacial score (nSPS) is 34.2. The van der Waals surface area contributed by atoms with Gasteiger partial charge in [-0.15, -0.1) is 0 Å². The minimum atomic E-state index is -0.139. The average molecular weight is 241 g/mol. The third-order valence-electron chi connectivity index (χ3n) is 4.25. The van der Waals surface area contributed by atoms with Crippen LogP contribution in [0.25, 0.3) is 0 Å². The van der Waals surface area contributed by atoms with Gasteiger partial charge < -0.3 is 9.84 Å². The van der Waals surface area contributed by atoms with Crippen LogP contribution in [0, 0.1) is 11.8 Å². The molecule has 0 aromatic carbocycles. The van der Waals surface area contributed by atoms with E-state index < -0.39 is 0 Å². The van der Waals surface area contributed by atoms with Crippen LogP contribution >= 0.6 is 0 Å². The van der Waals surface area contributed by atoms with Crippen LogP contribution < -0.4 is 0 Å². The zero-order chi connectivity index (χ0) is 12.3. The van der Waals surface area contributed by atoms with Crippen LogP contribution in [0.5, 0.6) is 0 Å². The van der Waals surface area contributed by atoms with Crippen molar-refractivity contribution in [1.82, 2.24) is 4.90 Å². The topological polar surface area (TPSA) is 32.7 Å². The first kappa shape index (κ1) is 13.3. The first-order chi connectivity index (χ1) is 8.16. The quantitative estimate of drug-likeness (QED) is 0.721. The number of nitrogens with zero attached hydrogens (tertiary/aromatic N) is 1. The van der Waals surface area contributed by atoms with E-state index in [4.69, 9.17) is 4.74 Å². The number of hydrogen-bond acceptors (Lipinski definition) is 3. The zero-order valence-electron chi connectivity index (χ0n) is 11.3. The highest BCUT2D eigenvalue weighted by Crippen LogP contribution is 2.29. The van der Waals surface area contributed by atoms with Gasteiger partial charge in [0.2, 0.25) is 0 Å². The lowest BCUT2D eigenvalue weighted by Gasteiger charge is -2.37. The molecule has 0 saturated heterocycles. The first-order valence-electron chi connectivity index (χ1n) is 7.13.